The average molecular weight is 311 g/mol. The van der Waals surface area contributed by atoms with Crippen molar-refractivity contribution in [2.75, 3.05) is 18.4 Å². The summed E-state index contributed by atoms with van der Waals surface area (Å²) in [7, 11) is 0. The van der Waals surface area contributed by atoms with Crippen molar-refractivity contribution >= 4 is 28.4 Å². The van der Waals surface area contributed by atoms with Gasteiger partial charge in [-0.2, -0.15) is 0 Å². The van der Waals surface area contributed by atoms with Crippen LogP contribution in [0.5, 0.6) is 0 Å². The number of unbranched alkanes of at least 4 members (excludes halogenated alkanes) is 2. The minimum atomic E-state index is -0.348. The van der Waals surface area contributed by atoms with Gasteiger partial charge in [-0.1, -0.05) is 31.1 Å². The van der Waals surface area contributed by atoms with E-state index in [-0.39, 0.29) is 17.9 Å². The van der Waals surface area contributed by atoms with E-state index < -0.39 is 0 Å². The number of carbonyl (C=O) groups excluding carboxylic acids is 2. The molecule has 1 aliphatic rings. The van der Waals surface area contributed by atoms with Crippen LogP contribution in [0.15, 0.2) is 0 Å². The number of urea groups is 1. The van der Waals surface area contributed by atoms with Gasteiger partial charge < -0.3 is 10.6 Å². The summed E-state index contributed by atoms with van der Waals surface area (Å²) in [4.78, 5) is 24.7. The van der Waals surface area contributed by atoms with Gasteiger partial charge in [0.2, 0.25) is 11.0 Å². The van der Waals surface area contributed by atoms with Gasteiger partial charge in [0.25, 0.3) is 0 Å². The largest absolute Gasteiger partial charge is 0.369 e. The molecule has 0 radical (unpaired) electrons. The summed E-state index contributed by atoms with van der Waals surface area (Å²) in [5.74, 6) is -0.589. The third-order valence-electron chi connectivity index (χ3n) is 3.55. The van der Waals surface area contributed by atoms with Gasteiger partial charge >= 0.3 is 6.03 Å². The predicted octanol–water partition coefficient (Wildman–Crippen LogP) is 1.61. The molecule has 0 aromatic carbocycles. The molecular weight excluding hydrogens is 290 g/mol. The molecule has 7 nitrogen and oxygen atoms in total. The van der Waals surface area contributed by atoms with E-state index in [9.17, 15) is 9.59 Å². The minimum absolute atomic E-state index is 0.241. The standard InChI is InChI=1S/C13H21N5O2S/c1-2-3-4-5-10-16-17-12(21-10)15-13(20)18-7-6-9(8-18)11(14)19/h9H,2-8H2,1H3,(H2,14,19)(H,15,17,20)/t9-/m0/s1. The van der Waals surface area contributed by atoms with Crippen LogP contribution in [0, 0.1) is 5.92 Å². The fraction of sp³-hybridized carbons (Fsp3) is 0.692. The van der Waals surface area contributed by atoms with Crippen molar-refractivity contribution in [3.63, 3.8) is 0 Å². The Morgan fingerprint density at radius 2 is 2.24 bits per heavy atom. The van der Waals surface area contributed by atoms with E-state index in [1.54, 1.807) is 4.90 Å². The molecule has 0 unspecified atom stereocenters. The Balaban J connectivity index is 1.82. The zero-order valence-electron chi connectivity index (χ0n) is 12.2. The van der Waals surface area contributed by atoms with Gasteiger partial charge in [-0.15, -0.1) is 10.2 Å². The lowest BCUT2D eigenvalue weighted by Gasteiger charge is -2.15. The van der Waals surface area contributed by atoms with Crippen molar-refractivity contribution in [2.45, 2.75) is 39.0 Å². The number of anilines is 1. The second-order valence-electron chi connectivity index (χ2n) is 5.22. The Morgan fingerprint density at radius 1 is 1.43 bits per heavy atom. The molecule has 0 aliphatic carbocycles. The van der Waals surface area contributed by atoms with Crippen molar-refractivity contribution in [1.82, 2.24) is 15.1 Å². The molecule has 1 atom stereocenters. The lowest BCUT2D eigenvalue weighted by atomic mass is 10.1. The summed E-state index contributed by atoms with van der Waals surface area (Å²) < 4.78 is 0. The maximum Gasteiger partial charge on any atom is 0.323 e. The molecule has 0 spiro atoms. The third kappa shape index (κ3) is 4.38. The first-order chi connectivity index (χ1) is 10.1. The van der Waals surface area contributed by atoms with Gasteiger partial charge in [-0.3, -0.25) is 10.1 Å². The Kier molecular flexibility index (Phi) is 5.49. The van der Waals surface area contributed by atoms with Crippen LogP contribution < -0.4 is 11.1 Å². The van der Waals surface area contributed by atoms with Gasteiger partial charge in [0.15, 0.2) is 0 Å². The fourth-order valence-electron chi connectivity index (χ4n) is 2.28. The molecule has 2 rings (SSSR count). The molecule has 1 aromatic rings. The summed E-state index contributed by atoms with van der Waals surface area (Å²) in [6.45, 7) is 3.08. The van der Waals surface area contributed by atoms with Crippen LogP contribution in [-0.2, 0) is 11.2 Å². The number of amides is 3. The first kappa shape index (κ1) is 15.7. The number of hydrogen-bond donors (Lipinski definition) is 2. The molecule has 21 heavy (non-hydrogen) atoms. The minimum Gasteiger partial charge on any atom is -0.369 e. The number of likely N-dealkylation sites (tertiary alicyclic amines) is 1. The van der Waals surface area contributed by atoms with Crippen molar-refractivity contribution in [3.05, 3.63) is 5.01 Å². The van der Waals surface area contributed by atoms with Crippen LogP contribution in [0.3, 0.4) is 0 Å². The summed E-state index contributed by atoms with van der Waals surface area (Å²) in [5.41, 5.74) is 5.26. The number of aryl methyl sites for hydroxylation is 1. The smallest absolute Gasteiger partial charge is 0.323 e. The number of nitrogens with one attached hydrogen (secondary N) is 1. The predicted molar refractivity (Wildman–Crippen MR) is 81.0 cm³/mol. The second kappa shape index (κ2) is 7.35. The Hall–Kier alpha value is -1.70. The SMILES string of the molecule is CCCCCc1nnc(NC(=O)N2CC[C@H](C(N)=O)C2)s1. The number of rotatable bonds is 6. The van der Waals surface area contributed by atoms with E-state index >= 15 is 0 Å². The monoisotopic (exact) mass is 311 g/mol. The second-order valence-corrected chi connectivity index (χ2v) is 6.28. The lowest BCUT2D eigenvalue weighted by molar-refractivity contribution is -0.121. The van der Waals surface area contributed by atoms with Crippen LogP contribution in [-0.4, -0.2) is 40.1 Å². The molecule has 0 bridgehead atoms. The highest BCUT2D eigenvalue weighted by Crippen LogP contribution is 2.20. The van der Waals surface area contributed by atoms with Crippen molar-refractivity contribution < 1.29 is 9.59 Å². The quantitative estimate of drug-likeness (QED) is 0.779. The molecule has 8 heteroatoms. The highest BCUT2D eigenvalue weighted by molar-refractivity contribution is 7.15. The fourth-order valence-corrected chi connectivity index (χ4v) is 3.05. The zero-order chi connectivity index (χ0) is 15.2. The van der Waals surface area contributed by atoms with Crippen LogP contribution in [0.4, 0.5) is 9.93 Å². The van der Waals surface area contributed by atoms with Crippen molar-refractivity contribution in [1.29, 1.82) is 0 Å². The number of aromatic nitrogens is 2. The Labute approximate surface area is 127 Å². The highest BCUT2D eigenvalue weighted by atomic mass is 32.1. The van der Waals surface area contributed by atoms with E-state index in [0.717, 1.165) is 17.8 Å². The maximum atomic E-state index is 12.1. The van der Waals surface area contributed by atoms with E-state index in [1.807, 2.05) is 0 Å². The zero-order valence-corrected chi connectivity index (χ0v) is 13.0. The number of nitrogens with two attached hydrogens (primary N) is 1. The van der Waals surface area contributed by atoms with Crippen LogP contribution >= 0.6 is 11.3 Å². The van der Waals surface area contributed by atoms with Gasteiger partial charge in [-0.05, 0) is 12.8 Å². The molecule has 1 aromatic heterocycles. The van der Waals surface area contributed by atoms with E-state index in [2.05, 4.69) is 22.4 Å². The van der Waals surface area contributed by atoms with E-state index in [4.69, 9.17) is 5.73 Å². The topological polar surface area (TPSA) is 101 Å². The highest BCUT2D eigenvalue weighted by Gasteiger charge is 2.30. The molecule has 1 fully saturated rings. The van der Waals surface area contributed by atoms with E-state index in [1.165, 1.54) is 24.2 Å². The van der Waals surface area contributed by atoms with E-state index in [0.29, 0.717) is 24.6 Å². The molecule has 3 amide bonds. The number of hydrogen-bond acceptors (Lipinski definition) is 5. The molecule has 3 N–H and O–H groups in total. The van der Waals surface area contributed by atoms with Crippen molar-refractivity contribution in [3.8, 4) is 0 Å². The average Bonchev–Trinajstić information content (AvgIpc) is 3.08. The number of carbonyl (C=O) groups is 2. The summed E-state index contributed by atoms with van der Waals surface area (Å²) in [6, 6.07) is -0.241. The molecule has 116 valence electrons. The normalized spacial score (nSPS) is 18.0. The molecule has 1 saturated heterocycles. The lowest BCUT2D eigenvalue weighted by Crippen LogP contribution is -2.34. The van der Waals surface area contributed by atoms with Gasteiger partial charge in [0.05, 0.1) is 5.92 Å². The molecule has 0 saturated carbocycles. The first-order valence-corrected chi connectivity index (χ1v) is 8.09. The Morgan fingerprint density at radius 3 is 2.90 bits per heavy atom. The summed E-state index contributed by atoms with van der Waals surface area (Å²) in [5, 5.41) is 12.2. The summed E-state index contributed by atoms with van der Waals surface area (Å²) >= 11 is 1.41. The molecule has 2 heterocycles. The van der Waals surface area contributed by atoms with Gasteiger partial charge in [-0.25, -0.2) is 4.79 Å². The van der Waals surface area contributed by atoms with Crippen LogP contribution in [0.1, 0.15) is 37.6 Å². The van der Waals surface area contributed by atoms with Gasteiger partial charge in [0.1, 0.15) is 5.01 Å². The maximum absolute atomic E-state index is 12.1. The summed E-state index contributed by atoms with van der Waals surface area (Å²) in [6.07, 6.45) is 4.95. The van der Waals surface area contributed by atoms with Gasteiger partial charge in [0, 0.05) is 19.5 Å². The van der Waals surface area contributed by atoms with Crippen molar-refractivity contribution in [2.24, 2.45) is 11.7 Å². The molecule has 1 aliphatic heterocycles. The number of primary amides is 1. The number of nitrogens with zero attached hydrogens (tertiary/aromatic N) is 3. The van der Waals surface area contributed by atoms with Crippen LogP contribution in [0.25, 0.3) is 0 Å². The Bertz CT molecular complexity index is 505. The molecular formula is C13H21N5O2S. The first-order valence-electron chi connectivity index (χ1n) is 7.27. The third-order valence-corrected chi connectivity index (χ3v) is 4.45. The van der Waals surface area contributed by atoms with Crippen LogP contribution in [0.2, 0.25) is 0 Å².